The number of aromatic nitrogens is 1. The Balaban J connectivity index is 0.00000205. The zero-order valence-corrected chi connectivity index (χ0v) is 24.4. The Morgan fingerprint density at radius 1 is 1.26 bits per heavy atom. The number of carboxylic acids is 1. The smallest absolute Gasteiger partial charge is 0.335 e. The highest BCUT2D eigenvalue weighted by atomic mass is 19.3. The predicted octanol–water partition coefficient (Wildman–Crippen LogP) is 5.78. The largest absolute Gasteiger partial charge is 0.478 e. The lowest BCUT2D eigenvalue weighted by atomic mass is 9.94. The molecule has 1 aromatic heterocycles. The molecule has 1 spiro atoms. The number of piperidine rings is 1. The van der Waals surface area contributed by atoms with Gasteiger partial charge in [0.15, 0.2) is 0 Å². The van der Waals surface area contributed by atoms with Gasteiger partial charge in [0.05, 0.1) is 5.57 Å². The van der Waals surface area contributed by atoms with Crippen molar-refractivity contribution in [2.75, 3.05) is 13.1 Å². The van der Waals surface area contributed by atoms with Gasteiger partial charge in [-0.2, -0.15) is 0 Å². The van der Waals surface area contributed by atoms with Gasteiger partial charge in [0, 0.05) is 37.8 Å². The molecule has 0 aromatic carbocycles. The number of hydrogen-bond acceptors (Lipinski definition) is 5. The monoisotopic (exact) mass is 545 g/mol. The van der Waals surface area contributed by atoms with Crippen LogP contribution in [0.3, 0.4) is 0 Å². The number of nitrogens with one attached hydrogen (secondary N) is 2. The van der Waals surface area contributed by atoms with E-state index >= 15 is 8.78 Å². The molecule has 2 atom stereocenters. The van der Waals surface area contributed by atoms with Crippen LogP contribution in [0.4, 0.5) is 8.78 Å². The number of hydrogen-bond donors (Lipinski definition) is 3. The fourth-order valence-corrected chi connectivity index (χ4v) is 5.32. The molecule has 1 aliphatic carbocycles. The lowest BCUT2D eigenvalue weighted by molar-refractivity contribution is -0.133. The van der Waals surface area contributed by atoms with Crippen molar-refractivity contribution in [1.82, 2.24) is 20.1 Å². The van der Waals surface area contributed by atoms with Crippen molar-refractivity contribution in [3.05, 3.63) is 64.7 Å². The van der Waals surface area contributed by atoms with Gasteiger partial charge in [0.2, 0.25) is 0 Å². The summed E-state index contributed by atoms with van der Waals surface area (Å²) in [6.45, 7) is 14.5. The first-order chi connectivity index (χ1) is 18.4. The van der Waals surface area contributed by atoms with E-state index in [0.717, 1.165) is 44.2 Å². The summed E-state index contributed by atoms with van der Waals surface area (Å²) in [5.74, 6) is -3.61. The molecule has 216 valence electrons. The van der Waals surface area contributed by atoms with Gasteiger partial charge in [-0.1, -0.05) is 13.8 Å². The Hall–Kier alpha value is -2.94. The molecule has 2 aliphatic heterocycles. The number of nitrogens with zero attached hydrogens (tertiary/aromatic N) is 3. The van der Waals surface area contributed by atoms with Gasteiger partial charge in [-0.15, -0.1) is 0 Å². The highest BCUT2D eigenvalue weighted by molar-refractivity contribution is 5.88. The minimum atomic E-state index is -3.21. The maximum atomic E-state index is 15.3. The van der Waals surface area contributed by atoms with Crippen LogP contribution in [-0.2, 0) is 4.79 Å². The second-order valence-corrected chi connectivity index (χ2v) is 11.0. The number of aliphatic carboxylic acids is 1. The molecular formula is C30H45F2N5O2. The van der Waals surface area contributed by atoms with E-state index < -0.39 is 24.1 Å². The van der Waals surface area contributed by atoms with Crippen LogP contribution < -0.4 is 16.1 Å². The number of pyridine rings is 1. The third kappa shape index (κ3) is 7.18. The first-order valence-corrected chi connectivity index (χ1v) is 14.1. The number of rotatable bonds is 8. The number of carboxylic acid groups (broad SMARTS) is 1. The fraction of sp³-hybridized carbons (Fsp3) is 0.600. The van der Waals surface area contributed by atoms with Crippen LogP contribution in [0.25, 0.3) is 0 Å². The molecule has 0 bridgehead atoms. The molecule has 7 nitrogen and oxygen atoms in total. The second kappa shape index (κ2) is 12.5. The summed E-state index contributed by atoms with van der Waals surface area (Å²) < 4.78 is 32.6. The molecule has 3 aliphatic rings. The van der Waals surface area contributed by atoms with Crippen LogP contribution in [-0.4, -0.2) is 45.7 Å². The summed E-state index contributed by atoms with van der Waals surface area (Å²) in [5.41, 5.74) is 2.08. The molecular weight excluding hydrogens is 500 g/mol. The molecule has 0 amide bonds. The predicted molar refractivity (Wildman–Crippen MR) is 151 cm³/mol. The topological polar surface area (TPSA) is 81.9 Å². The summed E-state index contributed by atoms with van der Waals surface area (Å²) in [6.07, 6.45) is 12.3. The van der Waals surface area contributed by atoms with Crippen LogP contribution in [0.5, 0.6) is 0 Å². The van der Waals surface area contributed by atoms with E-state index in [-0.39, 0.29) is 11.6 Å². The van der Waals surface area contributed by atoms with Crippen molar-refractivity contribution in [2.24, 2.45) is 10.4 Å². The molecule has 3 N–H and O–H groups in total. The van der Waals surface area contributed by atoms with Crippen molar-refractivity contribution < 1.29 is 18.7 Å². The molecule has 39 heavy (non-hydrogen) atoms. The highest BCUT2D eigenvalue weighted by Crippen LogP contribution is 2.53. The Bertz CT molecular complexity index is 1180. The third-order valence-electron chi connectivity index (χ3n) is 7.71. The molecule has 3 heterocycles. The van der Waals surface area contributed by atoms with Crippen molar-refractivity contribution in [2.45, 2.75) is 98.3 Å². The Kier molecular flexibility index (Phi) is 9.80. The number of aryl methyl sites for hydroxylation is 1. The summed E-state index contributed by atoms with van der Waals surface area (Å²) in [7, 11) is 0. The minimum Gasteiger partial charge on any atom is -0.478 e. The van der Waals surface area contributed by atoms with Gasteiger partial charge >= 0.3 is 5.97 Å². The zero-order chi connectivity index (χ0) is 29.0. The molecule has 9 heteroatoms. The number of likely N-dealkylation sites (tertiary alicyclic amines) is 1. The van der Waals surface area contributed by atoms with Crippen molar-refractivity contribution >= 4 is 5.97 Å². The van der Waals surface area contributed by atoms with Gasteiger partial charge in [-0.3, -0.25) is 5.32 Å². The van der Waals surface area contributed by atoms with E-state index in [1.54, 1.807) is 18.3 Å². The summed E-state index contributed by atoms with van der Waals surface area (Å²) in [4.78, 5) is 19.1. The van der Waals surface area contributed by atoms with Crippen LogP contribution in [0.2, 0.25) is 0 Å². The molecule has 2 unspecified atom stereocenters. The van der Waals surface area contributed by atoms with E-state index in [4.69, 9.17) is 4.99 Å². The maximum Gasteiger partial charge on any atom is 0.335 e. The van der Waals surface area contributed by atoms with E-state index in [2.05, 4.69) is 15.5 Å². The zero-order valence-electron chi connectivity index (χ0n) is 24.4. The summed E-state index contributed by atoms with van der Waals surface area (Å²) in [5, 5.41) is 15.4. The van der Waals surface area contributed by atoms with Crippen LogP contribution in [0.15, 0.2) is 53.1 Å². The summed E-state index contributed by atoms with van der Waals surface area (Å²) in [6, 6.07) is 0.221. The lowest BCUT2D eigenvalue weighted by Gasteiger charge is -2.34. The average molecular weight is 546 g/mol. The van der Waals surface area contributed by atoms with Gasteiger partial charge in [0.1, 0.15) is 23.5 Å². The van der Waals surface area contributed by atoms with Crippen LogP contribution >= 0.6 is 0 Å². The normalized spacial score (nSPS) is 21.7. The SMILES string of the molecule is CC.CC=C(/N=c1/c(C(NC2NC=CC=C2C(=O)O)C(C)(F)F)cc(C)cn1C(C)C)N1CCC2(CC1)CC2. The molecule has 4 rings (SSSR count). The van der Waals surface area contributed by atoms with Gasteiger partial charge in [-0.05, 0) is 94.9 Å². The maximum absolute atomic E-state index is 15.3. The van der Waals surface area contributed by atoms with Gasteiger partial charge in [-0.25, -0.2) is 18.6 Å². The van der Waals surface area contributed by atoms with E-state index in [0.29, 0.717) is 16.5 Å². The quantitative estimate of drug-likeness (QED) is 0.386. The summed E-state index contributed by atoms with van der Waals surface area (Å²) >= 11 is 0. The van der Waals surface area contributed by atoms with Crippen molar-refractivity contribution in [1.29, 1.82) is 0 Å². The number of halogens is 2. The molecule has 2 fully saturated rings. The Morgan fingerprint density at radius 3 is 2.41 bits per heavy atom. The average Bonchev–Trinajstić information content (AvgIpc) is 3.66. The van der Waals surface area contributed by atoms with Crippen LogP contribution in [0.1, 0.15) is 90.4 Å². The second-order valence-electron chi connectivity index (χ2n) is 11.0. The molecule has 0 radical (unpaired) electrons. The van der Waals surface area contributed by atoms with E-state index in [1.165, 1.54) is 18.9 Å². The number of dihydropyridines is 1. The van der Waals surface area contributed by atoms with E-state index in [9.17, 15) is 9.90 Å². The fourth-order valence-electron chi connectivity index (χ4n) is 5.32. The number of carbonyl (C=O) groups is 1. The first kappa shape index (κ1) is 30.6. The van der Waals surface area contributed by atoms with Crippen molar-refractivity contribution in [3.8, 4) is 0 Å². The van der Waals surface area contributed by atoms with E-state index in [1.807, 2.05) is 58.4 Å². The minimum absolute atomic E-state index is 0.0251. The lowest BCUT2D eigenvalue weighted by Crippen LogP contribution is -2.51. The van der Waals surface area contributed by atoms with Gasteiger partial charge < -0.3 is 19.9 Å². The molecule has 1 saturated heterocycles. The highest BCUT2D eigenvalue weighted by Gasteiger charge is 2.45. The number of allylic oxidation sites excluding steroid dienone is 3. The van der Waals surface area contributed by atoms with Crippen molar-refractivity contribution in [3.63, 3.8) is 0 Å². The standard InChI is InChI=1S/C28H39F2N5O2.C2H6/c1-6-22(34-14-11-28(9-10-28)12-15-34)32-25-21(16-19(4)17-35(25)18(2)3)23(27(5,29)30)33-24-20(26(36)37)8-7-13-31-24;1-2/h6-8,13,16-18,23-24,31,33H,9-12,14-15H2,1-5H3,(H,36,37);1-2H3/b22-6?,32-25-;. The number of alkyl halides is 2. The Morgan fingerprint density at radius 2 is 1.90 bits per heavy atom. The molecule has 1 aromatic rings. The third-order valence-corrected chi connectivity index (χ3v) is 7.71. The molecule has 1 saturated carbocycles. The Labute approximate surface area is 231 Å². The first-order valence-electron chi connectivity index (χ1n) is 14.1. The van der Waals surface area contributed by atoms with Gasteiger partial charge in [0.25, 0.3) is 5.92 Å². The van der Waals surface area contributed by atoms with Crippen LogP contribution in [0, 0.1) is 12.3 Å².